The second-order valence-corrected chi connectivity index (χ2v) is 5.32. The third-order valence-corrected chi connectivity index (χ3v) is 3.57. The molecular weight excluding hydrogens is 290 g/mol. The zero-order valence-corrected chi connectivity index (χ0v) is 12.8. The van der Waals surface area contributed by atoms with Crippen molar-refractivity contribution < 1.29 is 4.57 Å². The van der Waals surface area contributed by atoms with Crippen molar-refractivity contribution in [2.45, 2.75) is 6.54 Å². The summed E-state index contributed by atoms with van der Waals surface area (Å²) >= 11 is 5.36. The third kappa shape index (κ3) is 3.74. The summed E-state index contributed by atoms with van der Waals surface area (Å²) in [6.07, 6.45) is 5.81. The highest BCUT2D eigenvalue weighted by Gasteiger charge is 2.05. The van der Waals surface area contributed by atoms with Gasteiger partial charge in [0.05, 0.1) is 11.4 Å². The van der Waals surface area contributed by atoms with Crippen LogP contribution in [-0.4, -0.2) is 9.97 Å². The van der Waals surface area contributed by atoms with E-state index in [1.54, 1.807) is 6.20 Å². The summed E-state index contributed by atoms with van der Waals surface area (Å²) < 4.78 is 2.13. The van der Waals surface area contributed by atoms with Crippen LogP contribution in [0.2, 0.25) is 0 Å². The number of thiocarbonyl (C=S) groups is 1. The van der Waals surface area contributed by atoms with Crippen LogP contribution in [0.25, 0.3) is 0 Å². The van der Waals surface area contributed by atoms with Crippen LogP contribution in [0, 0.1) is 0 Å². The molecule has 0 aliphatic rings. The molecule has 0 atom stereocenters. The highest BCUT2D eigenvalue weighted by Crippen LogP contribution is 2.07. The van der Waals surface area contributed by atoms with Gasteiger partial charge in [0, 0.05) is 23.9 Å². The predicted molar refractivity (Wildman–Crippen MR) is 91.7 cm³/mol. The van der Waals surface area contributed by atoms with E-state index >= 15 is 0 Å². The first-order valence-electron chi connectivity index (χ1n) is 7.07. The molecule has 0 radical (unpaired) electrons. The van der Waals surface area contributed by atoms with Crippen LogP contribution in [0.3, 0.4) is 0 Å². The number of hydrogen-bond acceptors (Lipinski definition) is 2. The first kappa shape index (κ1) is 14.4. The summed E-state index contributed by atoms with van der Waals surface area (Å²) in [5.41, 5.74) is 3.01. The molecule has 0 aliphatic carbocycles. The van der Waals surface area contributed by atoms with Crippen LogP contribution in [0.15, 0.2) is 79.3 Å². The molecule has 1 N–H and O–H groups in total. The van der Waals surface area contributed by atoms with Crippen LogP contribution in [0.4, 0.5) is 5.69 Å². The minimum atomic E-state index is 0.626. The molecule has 3 aromatic rings. The van der Waals surface area contributed by atoms with Gasteiger partial charge in [-0.05, 0) is 12.1 Å². The molecule has 0 saturated carbocycles. The maximum absolute atomic E-state index is 5.36. The number of aromatic nitrogens is 2. The maximum Gasteiger partial charge on any atom is 0.173 e. The van der Waals surface area contributed by atoms with Crippen LogP contribution in [-0.2, 0) is 6.54 Å². The predicted octanol–water partition coefficient (Wildman–Crippen LogP) is 3.21. The smallest absolute Gasteiger partial charge is 0.173 e. The van der Waals surface area contributed by atoms with E-state index in [2.05, 4.69) is 39.1 Å². The summed E-state index contributed by atoms with van der Waals surface area (Å²) in [6.45, 7) is 0.853. The number of hydrogen-bond donors (Lipinski definition) is 1. The van der Waals surface area contributed by atoms with Gasteiger partial charge in [-0.25, -0.2) is 4.57 Å². The van der Waals surface area contributed by atoms with Crippen molar-refractivity contribution in [1.82, 2.24) is 4.98 Å². The van der Waals surface area contributed by atoms with Crippen LogP contribution < -0.4 is 9.88 Å². The van der Waals surface area contributed by atoms with E-state index in [-0.39, 0.29) is 0 Å². The Balaban J connectivity index is 1.66. The number of nitrogens with one attached hydrogen (secondary N) is 1. The fraction of sp³-hybridized carbons (Fsp3) is 0.0556. The van der Waals surface area contributed by atoms with Crippen molar-refractivity contribution in [1.29, 1.82) is 0 Å². The molecule has 0 amide bonds. The summed E-state index contributed by atoms with van der Waals surface area (Å²) in [5, 5.41) is 3.20. The summed E-state index contributed by atoms with van der Waals surface area (Å²) in [7, 11) is 0. The molecule has 108 valence electrons. The van der Waals surface area contributed by atoms with Crippen molar-refractivity contribution in [2.24, 2.45) is 0 Å². The molecular formula is C18H16N3S+. The van der Waals surface area contributed by atoms with Gasteiger partial charge in [-0.2, -0.15) is 0 Å². The van der Waals surface area contributed by atoms with Gasteiger partial charge in [-0.1, -0.05) is 48.6 Å². The summed E-state index contributed by atoms with van der Waals surface area (Å²) in [6, 6.07) is 20.1. The highest BCUT2D eigenvalue weighted by molar-refractivity contribution is 7.81. The lowest BCUT2D eigenvalue weighted by molar-refractivity contribution is -0.688. The van der Waals surface area contributed by atoms with Crippen LogP contribution in [0.5, 0.6) is 0 Å². The van der Waals surface area contributed by atoms with Gasteiger partial charge in [0.2, 0.25) is 0 Å². The topological polar surface area (TPSA) is 28.8 Å². The second kappa shape index (κ2) is 6.91. The first-order chi connectivity index (χ1) is 10.8. The van der Waals surface area contributed by atoms with Crippen molar-refractivity contribution in [2.75, 3.05) is 5.32 Å². The number of nitrogens with zero attached hydrogens (tertiary/aromatic N) is 2. The fourth-order valence-electron chi connectivity index (χ4n) is 2.13. The van der Waals surface area contributed by atoms with E-state index in [1.807, 2.05) is 48.8 Å². The van der Waals surface area contributed by atoms with Gasteiger partial charge in [-0.15, -0.1) is 0 Å². The zero-order valence-electron chi connectivity index (χ0n) is 12.0. The van der Waals surface area contributed by atoms with Crippen LogP contribution >= 0.6 is 12.2 Å². The van der Waals surface area contributed by atoms with E-state index in [4.69, 9.17) is 12.2 Å². The molecule has 0 bridgehead atoms. The lowest BCUT2D eigenvalue weighted by Crippen LogP contribution is -2.33. The Kier molecular flexibility index (Phi) is 4.51. The maximum atomic E-state index is 5.36. The third-order valence-electron chi connectivity index (χ3n) is 3.25. The number of benzene rings is 1. The van der Waals surface area contributed by atoms with Crippen molar-refractivity contribution in [3.63, 3.8) is 0 Å². The molecule has 4 heteroatoms. The zero-order chi connectivity index (χ0) is 15.2. The molecule has 0 aliphatic heterocycles. The molecule has 2 aromatic heterocycles. The molecule has 22 heavy (non-hydrogen) atoms. The lowest BCUT2D eigenvalue weighted by Gasteiger charge is -2.06. The fourth-order valence-corrected chi connectivity index (χ4v) is 2.37. The van der Waals surface area contributed by atoms with E-state index in [9.17, 15) is 0 Å². The van der Waals surface area contributed by atoms with E-state index in [0.717, 1.165) is 17.9 Å². The first-order valence-corrected chi connectivity index (χ1v) is 7.47. The molecule has 2 heterocycles. The van der Waals surface area contributed by atoms with E-state index in [1.165, 1.54) is 5.56 Å². The number of rotatable bonds is 4. The molecule has 0 spiro atoms. The van der Waals surface area contributed by atoms with Crippen molar-refractivity contribution >= 4 is 22.9 Å². The van der Waals surface area contributed by atoms with Gasteiger partial charge in [-0.3, -0.25) is 4.98 Å². The Morgan fingerprint density at radius 2 is 1.68 bits per heavy atom. The minimum absolute atomic E-state index is 0.626. The summed E-state index contributed by atoms with van der Waals surface area (Å²) in [4.78, 5) is 4.87. The monoisotopic (exact) mass is 306 g/mol. The molecule has 1 aromatic carbocycles. The van der Waals surface area contributed by atoms with Gasteiger partial charge in [0.15, 0.2) is 18.9 Å². The Bertz CT molecular complexity index is 740. The van der Waals surface area contributed by atoms with Gasteiger partial charge < -0.3 is 5.32 Å². The van der Waals surface area contributed by atoms with Gasteiger partial charge in [0.25, 0.3) is 0 Å². The highest BCUT2D eigenvalue weighted by atomic mass is 32.1. The number of anilines is 1. The second-order valence-electron chi connectivity index (χ2n) is 4.91. The van der Waals surface area contributed by atoms with Crippen molar-refractivity contribution in [3.8, 4) is 0 Å². The van der Waals surface area contributed by atoms with Gasteiger partial charge >= 0.3 is 0 Å². The Morgan fingerprint density at radius 3 is 2.36 bits per heavy atom. The van der Waals surface area contributed by atoms with E-state index < -0.39 is 0 Å². The Labute approximate surface area is 135 Å². The quantitative estimate of drug-likeness (QED) is 0.593. The minimum Gasteiger partial charge on any atom is -0.344 e. The summed E-state index contributed by atoms with van der Waals surface area (Å²) in [5.74, 6) is 0. The standard InChI is InChI=1S/C18H15N3S/c22-18(17-8-4-5-11-19-17)20-16-9-12-21(13-10-16)14-15-6-2-1-3-7-15/h1-13H,14H2/p+1. The Morgan fingerprint density at radius 1 is 0.955 bits per heavy atom. The SMILES string of the molecule is S=C(Nc1cc[n+](Cc2ccccc2)cc1)c1ccccn1. The van der Waals surface area contributed by atoms with E-state index in [0.29, 0.717) is 4.99 Å². The molecule has 0 saturated heterocycles. The lowest BCUT2D eigenvalue weighted by atomic mass is 10.2. The van der Waals surface area contributed by atoms with Gasteiger partial charge in [0.1, 0.15) is 4.99 Å². The Hall–Kier alpha value is -2.59. The average molecular weight is 306 g/mol. The largest absolute Gasteiger partial charge is 0.344 e. The molecule has 0 unspecified atom stereocenters. The molecule has 3 nitrogen and oxygen atoms in total. The van der Waals surface area contributed by atoms with Crippen LogP contribution in [0.1, 0.15) is 11.3 Å². The number of pyridine rings is 2. The average Bonchev–Trinajstić information content (AvgIpc) is 2.58. The molecule has 0 fully saturated rings. The normalized spacial score (nSPS) is 10.2. The van der Waals surface area contributed by atoms with Crippen molar-refractivity contribution in [3.05, 3.63) is 90.5 Å². The molecule has 3 rings (SSSR count).